The van der Waals surface area contributed by atoms with Crippen LogP contribution >= 0.6 is 0 Å². The van der Waals surface area contributed by atoms with E-state index in [4.69, 9.17) is 4.74 Å². The van der Waals surface area contributed by atoms with Crippen LogP contribution in [0.25, 0.3) is 0 Å². The van der Waals surface area contributed by atoms with Gasteiger partial charge < -0.3 is 9.64 Å². The minimum atomic E-state index is -0.119. The van der Waals surface area contributed by atoms with Crippen LogP contribution in [0.4, 0.5) is 4.79 Å². The molecule has 0 radical (unpaired) electrons. The second-order valence-electron chi connectivity index (χ2n) is 4.69. The minimum absolute atomic E-state index is 0.119. The van der Waals surface area contributed by atoms with E-state index in [0.29, 0.717) is 12.1 Å². The number of hydrogen-bond acceptors (Lipinski definition) is 2. The molecule has 80 valence electrons. The zero-order chi connectivity index (χ0) is 10.1. The van der Waals surface area contributed by atoms with E-state index in [1.165, 1.54) is 13.5 Å². The number of fused-ring (bicyclic) bond motifs is 2. The van der Waals surface area contributed by atoms with Gasteiger partial charge in [0.15, 0.2) is 0 Å². The zero-order valence-electron chi connectivity index (χ0n) is 9.03. The molecule has 14 heavy (non-hydrogen) atoms. The summed E-state index contributed by atoms with van der Waals surface area (Å²) >= 11 is 0. The fraction of sp³-hybridized carbons (Fsp3) is 0.909. The average Bonchev–Trinajstić information content (AvgIpc) is 2.15. The molecule has 2 unspecified atom stereocenters. The van der Waals surface area contributed by atoms with Gasteiger partial charge in [0.2, 0.25) is 0 Å². The highest BCUT2D eigenvalue weighted by Gasteiger charge is 2.39. The van der Waals surface area contributed by atoms with E-state index < -0.39 is 0 Å². The molecule has 2 aliphatic rings. The maximum Gasteiger partial charge on any atom is 0.409 e. The molecule has 2 bridgehead atoms. The summed E-state index contributed by atoms with van der Waals surface area (Å²) < 4.78 is 4.85. The molecule has 1 amide bonds. The largest absolute Gasteiger partial charge is 0.453 e. The van der Waals surface area contributed by atoms with E-state index >= 15 is 0 Å². The Hall–Kier alpha value is -0.730. The summed E-state index contributed by atoms with van der Waals surface area (Å²) in [5.41, 5.74) is 0. The summed E-state index contributed by atoms with van der Waals surface area (Å²) in [5.74, 6) is 0.770. The van der Waals surface area contributed by atoms with Crippen molar-refractivity contribution in [1.82, 2.24) is 4.90 Å². The Balaban J connectivity index is 2.12. The van der Waals surface area contributed by atoms with Crippen molar-refractivity contribution in [3.8, 4) is 0 Å². The standard InChI is InChI=1S/C11H19NO2/c1-8-6-9-4-3-5-10(7-8)12(9)11(13)14-2/h8-10H,3-7H2,1-2H3. The molecule has 0 saturated carbocycles. The van der Waals surface area contributed by atoms with Gasteiger partial charge in [0, 0.05) is 12.1 Å². The molecule has 3 heteroatoms. The Morgan fingerprint density at radius 2 is 1.86 bits per heavy atom. The lowest BCUT2D eigenvalue weighted by molar-refractivity contribution is 0.0169. The number of carbonyl (C=O) groups is 1. The summed E-state index contributed by atoms with van der Waals surface area (Å²) in [6, 6.07) is 0.898. The van der Waals surface area contributed by atoms with E-state index in [-0.39, 0.29) is 6.09 Å². The Morgan fingerprint density at radius 3 is 2.36 bits per heavy atom. The molecule has 2 atom stereocenters. The Labute approximate surface area is 85.4 Å². The van der Waals surface area contributed by atoms with Gasteiger partial charge in [-0.1, -0.05) is 6.92 Å². The first-order valence-corrected chi connectivity index (χ1v) is 5.58. The summed E-state index contributed by atoms with van der Waals surface area (Å²) in [4.78, 5) is 13.6. The number of ether oxygens (including phenoxy) is 1. The number of amides is 1. The van der Waals surface area contributed by atoms with Gasteiger partial charge >= 0.3 is 6.09 Å². The fourth-order valence-corrected chi connectivity index (χ4v) is 3.06. The number of piperidine rings is 2. The fourth-order valence-electron chi connectivity index (χ4n) is 3.06. The molecular formula is C11H19NO2. The first-order chi connectivity index (χ1) is 6.72. The molecule has 0 aliphatic carbocycles. The van der Waals surface area contributed by atoms with E-state index in [1.807, 2.05) is 4.90 Å². The van der Waals surface area contributed by atoms with Crippen molar-refractivity contribution in [3.63, 3.8) is 0 Å². The normalized spacial score (nSPS) is 36.7. The van der Waals surface area contributed by atoms with Crippen LogP contribution in [0, 0.1) is 5.92 Å². The molecule has 0 spiro atoms. The van der Waals surface area contributed by atoms with E-state index in [1.54, 1.807) is 0 Å². The quantitative estimate of drug-likeness (QED) is 0.597. The molecule has 0 aromatic rings. The number of rotatable bonds is 0. The van der Waals surface area contributed by atoms with Gasteiger partial charge in [-0.05, 0) is 38.0 Å². The molecule has 3 nitrogen and oxygen atoms in total. The molecular weight excluding hydrogens is 178 g/mol. The van der Waals surface area contributed by atoms with Crippen LogP contribution in [0.3, 0.4) is 0 Å². The molecule has 0 aromatic carbocycles. The third kappa shape index (κ3) is 1.60. The molecule has 2 saturated heterocycles. The van der Waals surface area contributed by atoms with Crippen LogP contribution in [0.5, 0.6) is 0 Å². The molecule has 2 aliphatic heterocycles. The number of nitrogens with zero attached hydrogens (tertiary/aromatic N) is 1. The molecule has 2 rings (SSSR count). The second-order valence-corrected chi connectivity index (χ2v) is 4.69. The summed E-state index contributed by atoms with van der Waals surface area (Å²) in [7, 11) is 1.48. The van der Waals surface area contributed by atoms with Crippen molar-refractivity contribution in [2.24, 2.45) is 5.92 Å². The predicted molar refractivity (Wildman–Crippen MR) is 54.1 cm³/mol. The molecule has 0 N–H and O–H groups in total. The molecule has 2 fully saturated rings. The van der Waals surface area contributed by atoms with Crippen LogP contribution in [0.15, 0.2) is 0 Å². The van der Waals surface area contributed by atoms with Gasteiger partial charge in [-0.25, -0.2) is 4.79 Å². The van der Waals surface area contributed by atoms with Gasteiger partial charge in [-0.3, -0.25) is 0 Å². The van der Waals surface area contributed by atoms with Crippen molar-refractivity contribution >= 4 is 6.09 Å². The van der Waals surface area contributed by atoms with Crippen LogP contribution in [0.2, 0.25) is 0 Å². The van der Waals surface area contributed by atoms with Crippen molar-refractivity contribution in [1.29, 1.82) is 0 Å². The van der Waals surface area contributed by atoms with Gasteiger partial charge in [0.1, 0.15) is 0 Å². The maximum atomic E-state index is 11.6. The topological polar surface area (TPSA) is 29.5 Å². The van der Waals surface area contributed by atoms with E-state index in [9.17, 15) is 4.79 Å². The highest BCUT2D eigenvalue weighted by atomic mass is 16.5. The summed E-state index contributed by atoms with van der Waals surface area (Å²) in [5, 5.41) is 0. The van der Waals surface area contributed by atoms with Crippen molar-refractivity contribution < 1.29 is 9.53 Å². The van der Waals surface area contributed by atoms with Crippen LogP contribution in [-0.2, 0) is 4.74 Å². The third-order valence-electron chi connectivity index (χ3n) is 3.60. The molecule has 2 heterocycles. The van der Waals surface area contributed by atoms with Gasteiger partial charge in [0.25, 0.3) is 0 Å². The van der Waals surface area contributed by atoms with Gasteiger partial charge in [-0.15, -0.1) is 0 Å². The van der Waals surface area contributed by atoms with Crippen LogP contribution in [0.1, 0.15) is 39.0 Å². The SMILES string of the molecule is COC(=O)N1C2CCCC1CC(C)C2. The smallest absolute Gasteiger partial charge is 0.409 e. The van der Waals surface area contributed by atoms with Crippen molar-refractivity contribution in [2.45, 2.75) is 51.1 Å². The highest BCUT2D eigenvalue weighted by molar-refractivity contribution is 5.68. The lowest BCUT2D eigenvalue weighted by Crippen LogP contribution is -2.54. The van der Waals surface area contributed by atoms with E-state index in [0.717, 1.165) is 31.6 Å². The Kier molecular flexibility index (Phi) is 2.66. The maximum absolute atomic E-state index is 11.6. The second kappa shape index (κ2) is 3.79. The number of hydrogen-bond donors (Lipinski definition) is 0. The summed E-state index contributed by atoms with van der Waals surface area (Å²) in [6.45, 7) is 2.29. The molecule has 0 aromatic heterocycles. The number of carbonyl (C=O) groups excluding carboxylic acids is 1. The van der Waals surface area contributed by atoms with Crippen molar-refractivity contribution in [3.05, 3.63) is 0 Å². The first-order valence-electron chi connectivity index (χ1n) is 5.58. The monoisotopic (exact) mass is 197 g/mol. The van der Waals surface area contributed by atoms with E-state index in [2.05, 4.69) is 6.92 Å². The minimum Gasteiger partial charge on any atom is -0.453 e. The van der Waals surface area contributed by atoms with Crippen molar-refractivity contribution in [2.75, 3.05) is 7.11 Å². The Morgan fingerprint density at radius 1 is 1.29 bits per heavy atom. The van der Waals surface area contributed by atoms with Gasteiger partial charge in [-0.2, -0.15) is 0 Å². The number of methoxy groups -OCH3 is 1. The average molecular weight is 197 g/mol. The van der Waals surface area contributed by atoms with Gasteiger partial charge in [0.05, 0.1) is 7.11 Å². The highest BCUT2D eigenvalue weighted by Crippen LogP contribution is 2.36. The zero-order valence-corrected chi connectivity index (χ0v) is 9.03. The lowest BCUT2D eigenvalue weighted by atomic mass is 9.79. The lowest BCUT2D eigenvalue weighted by Gasteiger charge is -2.47. The van der Waals surface area contributed by atoms with Crippen LogP contribution in [-0.4, -0.2) is 30.2 Å². The summed E-state index contributed by atoms with van der Waals surface area (Å²) in [6.07, 6.45) is 5.80. The first kappa shape index (κ1) is 9.81. The third-order valence-corrected chi connectivity index (χ3v) is 3.60. The predicted octanol–water partition coefficient (Wildman–Crippen LogP) is 2.41. The Bertz CT molecular complexity index is 215. The van der Waals surface area contributed by atoms with Crippen LogP contribution < -0.4 is 0 Å².